The lowest BCUT2D eigenvalue weighted by Gasteiger charge is -2.07. The van der Waals surface area contributed by atoms with Crippen LogP contribution in [-0.2, 0) is 16.3 Å². The van der Waals surface area contributed by atoms with Gasteiger partial charge in [0, 0.05) is 28.7 Å². The molecule has 3 rings (SSSR count). The number of hydrogen-bond donors (Lipinski definition) is 2. The first-order valence-corrected chi connectivity index (χ1v) is 10.6. The Hall–Kier alpha value is -3.29. The van der Waals surface area contributed by atoms with Crippen molar-refractivity contribution in [3.63, 3.8) is 0 Å². The smallest absolute Gasteiger partial charge is 0.404 e. The van der Waals surface area contributed by atoms with Gasteiger partial charge >= 0.3 is 6.09 Å². The molecule has 0 radical (unpaired) electrons. The van der Waals surface area contributed by atoms with Crippen molar-refractivity contribution in [2.75, 3.05) is 6.54 Å². The Morgan fingerprint density at radius 3 is 2.72 bits per heavy atom. The molecule has 0 aliphatic carbocycles. The number of carboxylic acid groups (broad SMARTS) is 1. The summed E-state index contributed by atoms with van der Waals surface area (Å²) in [6.45, 7) is 0.0776. The fourth-order valence-electron chi connectivity index (χ4n) is 2.65. The molecule has 0 aliphatic rings. The van der Waals surface area contributed by atoms with E-state index in [2.05, 4.69) is 10.3 Å². The molecule has 2 aromatic heterocycles. The largest absolute Gasteiger partial charge is 0.465 e. The number of benzene rings is 1. The van der Waals surface area contributed by atoms with Crippen LogP contribution < -0.4 is 5.32 Å². The Morgan fingerprint density at radius 2 is 2.03 bits per heavy atom. The predicted octanol–water partition coefficient (Wildman–Crippen LogP) is 3.46. The number of rotatable bonds is 6. The van der Waals surface area contributed by atoms with Gasteiger partial charge in [0.2, 0.25) is 15.8 Å². The highest BCUT2D eigenvalue weighted by molar-refractivity contribution is 7.93. The van der Waals surface area contributed by atoms with Crippen LogP contribution in [-0.4, -0.2) is 31.1 Å². The van der Waals surface area contributed by atoms with Gasteiger partial charge in [-0.05, 0) is 42.8 Å². The summed E-state index contributed by atoms with van der Waals surface area (Å²) in [5.74, 6) is -0.817. The number of nitriles is 1. The molecule has 29 heavy (non-hydrogen) atoms. The third-order valence-corrected chi connectivity index (χ3v) is 7.44. The maximum Gasteiger partial charge on any atom is 0.404 e. The first-order chi connectivity index (χ1) is 13.8. The van der Waals surface area contributed by atoms with Crippen LogP contribution in [0.4, 0.5) is 9.18 Å². The van der Waals surface area contributed by atoms with Crippen LogP contribution in [0.2, 0.25) is 0 Å². The first kappa shape index (κ1) is 20.4. The van der Waals surface area contributed by atoms with Crippen LogP contribution in [0.5, 0.6) is 0 Å². The SMILES string of the molecule is N#Cc1cccc(S(=O)(=O)c2sc(CCNC(=O)O)cc2-c2cccnc2F)c1. The van der Waals surface area contributed by atoms with Gasteiger partial charge in [-0.2, -0.15) is 9.65 Å². The standard InChI is InChI=1S/C19H14FN3O4S2/c20-17-15(5-2-7-22-17)16-10-13(6-8-23-19(24)25)28-18(16)29(26,27)14-4-1-3-12(9-14)11-21/h1-5,7,9-10,23H,6,8H2,(H,24,25). The van der Waals surface area contributed by atoms with Gasteiger partial charge in [-0.3, -0.25) is 0 Å². The van der Waals surface area contributed by atoms with Gasteiger partial charge < -0.3 is 10.4 Å². The normalized spacial score (nSPS) is 11.0. The van der Waals surface area contributed by atoms with E-state index >= 15 is 0 Å². The summed E-state index contributed by atoms with van der Waals surface area (Å²) in [7, 11) is -4.05. The maximum absolute atomic E-state index is 14.3. The molecular formula is C19H14FN3O4S2. The highest BCUT2D eigenvalue weighted by Crippen LogP contribution is 2.39. The zero-order valence-corrected chi connectivity index (χ0v) is 16.4. The van der Waals surface area contributed by atoms with Gasteiger partial charge in [-0.15, -0.1) is 11.3 Å². The molecule has 2 N–H and O–H groups in total. The van der Waals surface area contributed by atoms with E-state index in [0.717, 1.165) is 11.3 Å². The Bertz CT molecular complexity index is 1220. The number of nitrogens with one attached hydrogen (secondary N) is 1. The molecule has 2 heterocycles. The Balaban J connectivity index is 2.13. The molecule has 1 amide bonds. The second-order valence-electron chi connectivity index (χ2n) is 5.88. The quantitative estimate of drug-likeness (QED) is 0.577. The van der Waals surface area contributed by atoms with Gasteiger partial charge in [-0.25, -0.2) is 18.2 Å². The molecule has 0 spiro atoms. The number of pyridine rings is 1. The second kappa shape index (κ2) is 8.38. The average Bonchev–Trinajstić information content (AvgIpc) is 3.13. The molecule has 0 fully saturated rings. The highest BCUT2D eigenvalue weighted by Gasteiger charge is 2.27. The summed E-state index contributed by atoms with van der Waals surface area (Å²) < 4.78 is 40.7. The molecule has 0 unspecified atom stereocenters. The highest BCUT2D eigenvalue weighted by atomic mass is 32.2. The van der Waals surface area contributed by atoms with Crippen molar-refractivity contribution < 1.29 is 22.7 Å². The molecule has 148 valence electrons. The van der Waals surface area contributed by atoms with Crippen LogP contribution in [0.15, 0.2) is 57.8 Å². The summed E-state index contributed by atoms with van der Waals surface area (Å²) in [5, 5.41) is 20.0. The van der Waals surface area contributed by atoms with Crippen molar-refractivity contribution in [1.29, 1.82) is 5.26 Å². The van der Waals surface area contributed by atoms with Crippen LogP contribution in [0.1, 0.15) is 10.4 Å². The van der Waals surface area contributed by atoms with Gasteiger partial charge in [0.15, 0.2) is 0 Å². The fourth-order valence-corrected chi connectivity index (χ4v) is 5.81. The van der Waals surface area contributed by atoms with Crippen molar-refractivity contribution >= 4 is 27.3 Å². The van der Waals surface area contributed by atoms with E-state index in [1.165, 1.54) is 48.7 Å². The fraction of sp³-hybridized carbons (Fsp3) is 0.105. The minimum atomic E-state index is -4.05. The predicted molar refractivity (Wildman–Crippen MR) is 104 cm³/mol. The minimum Gasteiger partial charge on any atom is -0.465 e. The molecule has 0 aliphatic heterocycles. The number of sulfone groups is 1. The Labute approximate surface area is 170 Å². The zero-order valence-electron chi connectivity index (χ0n) is 14.8. The third kappa shape index (κ3) is 4.42. The molecule has 3 aromatic rings. The molecule has 10 heteroatoms. The van der Waals surface area contributed by atoms with Crippen LogP contribution in [0.3, 0.4) is 0 Å². The van der Waals surface area contributed by atoms with Gasteiger partial charge in [0.1, 0.15) is 4.21 Å². The molecular weight excluding hydrogens is 417 g/mol. The molecule has 0 atom stereocenters. The lowest BCUT2D eigenvalue weighted by molar-refractivity contribution is 0.194. The minimum absolute atomic E-state index is 0.0243. The molecule has 0 saturated carbocycles. The number of carbonyl (C=O) groups is 1. The number of aromatic nitrogens is 1. The third-order valence-electron chi connectivity index (χ3n) is 3.96. The summed E-state index contributed by atoms with van der Waals surface area (Å²) in [6.07, 6.45) is 0.300. The second-order valence-corrected chi connectivity index (χ2v) is 9.16. The van der Waals surface area contributed by atoms with E-state index in [1.54, 1.807) is 0 Å². The zero-order chi connectivity index (χ0) is 21.0. The number of amides is 1. The van der Waals surface area contributed by atoms with Gasteiger partial charge in [0.25, 0.3) is 0 Å². The van der Waals surface area contributed by atoms with E-state index < -0.39 is 21.9 Å². The van der Waals surface area contributed by atoms with Crippen molar-refractivity contribution in [1.82, 2.24) is 10.3 Å². The Morgan fingerprint density at radius 1 is 1.24 bits per heavy atom. The van der Waals surface area contributed by atoms with E-state index in [1.807, 2.05) is 6.07 Å². The lowest BCUT2D eigenvalue weighted by atomic mass is 10.1. The summed E-state index contributed by atoms with van der Waals surface area (Å²) >= 11 is 0.932. The van der Waals surface area contributed by atoms with Crippen molar-refractivity contribution in [2.24, 2.45) is 0 Å². The van der Waals surface area contributed by atoms with Crippen molar-refractivity contribution in [2.45, 2.75) is 15.5 Å². The average molecular weight is 431 g/mol. The number of halogens is 1. The number of nitrogens with zero attached hydrogens (tertiary/aromatic N) is 2. The topological polar surface area (TPSA) is 120 Å². The summed E-state index contributed by atoms with van der Waals surface area (Å²) in [4.78, 5) is 14.7. The maximum atomic E-state index is 14.3. The van der Waals surface area contributed by atoms with Gasteiger partial charge in [-0.1, -0.05) is 6.07 Å². The number of hydrogen-bond acceptors (Lipinski definition) is 6. The van der Waals surface area contributed by atoms with E-state index in [9.17, 15) is 17.6 Å². The molecule has 0 bridgehead atoms. The molecule has 1 aromatic carbocycles. The van der Waals surface area contributed by atoms with Crippen molar-refractivity contribution in [3.05, 3.63) is 65.0 Å². The van der Waals surface area contributed by atoms with Crippen LogP contribution in [0.25, 0.3) is 11.1 Å². The van der Waals surface area contributed by atoms with Gasteiger partial charge in [0.05, 0.1) is 16.5 Å². The molecule has 7 nitrogen and oxygen atoms in total. The lowest BCUT2D eigenvalue weighted by Crippen LogP contribution is -2.22. The summed E-state index contributed by atoms with van der Waals surface area (Å²) in [5.41, 5.74) is 0.354. The van der Waals surface area contributed by atoms with E-state index in [0.29, 0.717) is 4.88 Å². The van der Waals surface area contributed by atoms with Crippen LogP contribution in [0, 0.1) is 17.3 Å². The Kier molecular flexibility index (Phi) is 5.91. The number of thiophene rings is 1. The first-order valence-electron chi connectivity index (χ1n) is 8.28. The van der Waals surface area contributed by atoms with E-state index in [4.69, 9.17) is 10.4 Å². The molecule has 0 saturated heterocycles. The monoisotopic (exact) mass is 431 g/mol. The van der Waals surface area contributed by atoms with Crippen LogP contribution >= 0.6 is 11.3 Å². The van der Waals surface area contributed by atoms with Crippen molar-refractivity contribution in [3.8, 4) is 17.2 Å². The van der Waals surface area contributed by atoms with E-state index in [-0.39, 0.29) is 38.8 Å². The summed E-state index contributed by atoms with van der Waals surface area (Å²) in [6, 6.07) is 11.9.